The maximum Gasteiger partial charge on any atom is 0.306 e. The summed E-state index contributed by atoms with van der Waals surface area (Å²) in [7, 11) is 0. The predicted molar refractivity (Wildman–Crippen MR) is 259 cm³/mol. The molecule has 6 heteroatoms. The molecule has 0 saturated carbocycles. The summed E-state index contributed by atoms with van der Waals surface area (Å²) in [6, 6.07) is -0.717. The Balaban J connectivity index is 4.61. The molecule has 1 amide bonds. The van der Waals surface area contributed by atoms with Gasteiger partial charge in [0.25, 0.3) is 0 Å². The van der Waals surface area contributed by atoms with Gasteiger partial charge in [0.15, 0.2) is 0 Å². The third-order valence-electron chi connectivity index (χ3n) is 11.4. The minimum absolute atomic E-state index is 0.0457. The van der Waals surface area contributed by atoms with E-state index in [9.17, 15) is 19.8 Å². The lowest BCUT2D eigenvalue weighted by Gasteiger charge is -2.24. The average Bonchev–Trinajstić information content (AvgIpc) is 3.24. The molecule has 0 aromatic carbocycles. The third-order valence-corrected chi connectivity index (χ3v) is 11.4. The molecule has 0 rings (SSSR count). The van der Waals surface area contributed by atoms with E-state index in [1.54, 1.807) is 0 Å². The van der Waals surface area contributed by atoms with E-state index in [-0.39, 0.29) is 24.9 Å². The van der Waals surface area contributed by atoms with Crippen molar-refractivity contribution in [2.75, 3.05) is 6.61 Å². The third kappa shape index (κ3) is 42.3. The number of allylic oxidation sites excluding steroid dienone is 10. The van der Waals surface area contributed by atoms with Gasteiger partial charge in [0.1, 0.15) is 6.10 Å². The van der Waals surface area contributed by atoms with Crippen LogP contribution in [0.3, 0.4) is 0 Å². The molecule has 6 nitrogen and oxygen atoms in total. The highest BCUT2D eigenvalue weighted by Gasteiger charge is 2.24. The van der Waals surface area contributed by atoms with Gasteiger partial charge in [-0.15, -0.1) is 0 Å². The van der Waals surface area contributed by atoms with Gasteiger partial charge in [-0.1, -0.05) is 210 Å². The molecule has 0 fully saturated rings. The first kappa shape index (κ1) is 57.6. The molecule has 0 radical (unpaired) electrons. The van der Waals surface area contributed by atoms with Gasteiger partial charge in [-0.25, -0.2) is 0 Å². The molecule has 0 heterocycles. The lowest BCUT2D eigenvalue weighted by Crippen LogP contribution is -2.46. The van der Waals surface area contributed by atoms with E-state index in [0.717, 1.165) is 83.5 Å². The molecule has 3 N–H and O–H groups in total. The molecule has 0 aromatic rings. The fourth-order valence-corrected chi connectivity index (χ4v) is 7.49. The second kappa shape index (κ2) is 47.6. The summed E-state index contributed by atoms with van der Waals surface area (Å²) in [5.74, 6) is -0.525. The van der Waals surface area contributed by atoms with Gasteiger partial charge in [-0.05, 0) is 83.5 Å². The molecule has 0 aliphatic carbocycles. The Morgan fingerprint density at radius 1 is 0.517 bits per heavy atom. The van der Waals surface area contributed by atoms with Crippen molar-refractivity contribution in [3.63, 3.8) is 0 Å². The number of unbranched alkanes of at least 4 members (excludes halogenated alkanes) is 24. The first-order chi connectivity index (χ1) is 29.5. The van der Waals surface area contributed by atoms with Gasteiger partial charge in [0.2, 0.25) is 5.91 Å². The second-order valence-electron chi connectivity index (χ2n) is 17.2. The summed E-state index contributed by atoms with van der Waals surface area (Å²) in [5.41, 5.74) is 0. The van der Waals surface area contributed by atoms with Crippen LogP contribution in [0.4, 0.5) is 0 Å². The van der Waals surface area contributed by atoms with E-state index in [2.05, 4.69) is 86.8 Å². The van der Waals surface area contributed by atoms with Crippen molar-refractivity contribution in [3.05, 3.63) is 60.8 Å². The van der Waals surface area contributed by atoms with Crippen molar-refractivity contribution in [2.24, 2.45) is 0 Å². The quantitative estimate of drug-likeness (QED) is 0.0246. The minimum Gasteiger partial charge on any atom is -0.462 e. The molecule has 348 valence electrons. The van der Waals surface area contributed by atoms with E-state index in [1.807, 2.05) is 0 Å². The second-order valence-corrected chi connectivity index (χ2v) is 17.2. The maximum atomic E-state index is 13.2. The topological polar surface area (TPSA) is 95.9 Å². The molecular formula is C54H97NO5. The molecule has 0 aliphatic heterocycles. The van der Waals surface area contributed by atoms with E-state index in [4.69, 9.17) is 4.74 Å². The summed E-state index contributed by atoms with van der Waals surface area (Å²) in [4.78, 5) is 26.1. The number of amides is 1. The van der Waals surface area contributed by atoms with Gasteiger partial charge >= 0.3 is 5.97 Å². The number of ether oxygens (including phenoxy) is 1. The number of hydrogen-bond acceptors (Lipinski definition) is 5. The summed E-state index contributed by atoms with van der Waals surface area (Å²) < 4.78 is 5.90. The molecule has 0 spiro atoms. The average molecular weight is 840 g/mol. The van der Waals surface area contributed by atoms with Crippen molar-refractivity contribution in [3.8, 4) is 0 Å². The molecular weight excluding hydrogens is 743 g/mol. The Kier molecular flexibility index (Phi) is 45.7. The van der Waals surface area contributed by atoms with Crippen LogP contribution >= 0.6 is 0 Å². The predicted octanol–water partition coefficient (Wildman–Crippen LogP) is 15.2. The van der Waals surface area contributed by atoms with Crippen molar-refractivity contribution < 1.29 is 24.5 Å². The maximum absolute atomic E-state index is 13.2. The molecule has 0 aliphatic rings. The highest BCUT2D eigenvalue weighted by Crippen LogP contribution is 2.17. The van der Waals surface area contributed by atoms with Gasteiger partial charge in [0.05, 0.1) is 25.2 Å². The standard InChI is InChI=1S/C54H97NO5/c1-4-7-10-13-16-19-22-25-27-29-32-35-38-41-44-47-54(59)60-50(45-42-39-36-33-30-24-21-18-15-12-9-6-3)48-53(58)55-51(49-56)52(57)46-43-40-37-34-31-28-26-23-20-17-14-11-8-5-2/h9,12,16,18-19,21-22,25,30,33,50-52,56-57H,4-8,10-11,13-15,17,20,23-24,26-29,31-32,34-49H2,1-3H3,(H,55,58)/b12-9+,19-16+,21-18+,25-22+,33-30+. The van der Waals surface area contributed by atoms with Crippen LogP contribution in [-0.2, 0) is 14.3 Å². The van der Waals surface area contributed by atoms with Crippen LogP contribution in [0.5, 0.6) is 0 Å². The highest BCUT2D eigenvalue weighted by molar-refractivity contribution is 5.77. The number of aliphatic hydroxyl groups excluding tert-OH is 2. The van der Waals surface area contributed by atoms with E-state index in [0.29, 0.717) is 19.3 Å². The zero-order valence-corrected chi connectivity index (χ0v) is 39.6. The van der Waals surface area contributed by atoms with Gasteiger partial charge in [0, 0.05) is 6.42 Å². The van der Waals surface area contributed by atoms with Crippen LogP contribution in [0.2, 0.25) is 0 Å². The lowest BCUT2D eigenvalue weighted by atomic mass is 10.0. The monoisotopic (exact) mass is 840 g/mol. The first-order valence-corrected chi connectivity index (χ1v) is 25.5. The van der Waals surface area contributed by atoms with Crippen LogP contribution in [-0.4, -0.2) is 46.9 Å². The van der Waals surface area contributed by atoms with Gasteiger partial charge in [-0.3, -0.25) is 9.59 Å². The molecule has 3 unspecified atom stereocenters. The number of carbonyl (C=O) groups is 2. The molecule has 3 atom stereocenters. The van der Waals surface area contributed by atoms with Crippen LogP contribution in [0.1, 0.15) is 245 Å². The number of carbonyl (C=O) groups excluding carboxylic acids is 2. The molecule has 0 saturated heterocycles. The molecule has 0 aromatic heterocycles. The highest BCUT2D eigenvalue weighted by atomic mass is 16.5. The van der Waals surface area contributed by atoms with Crippen LogP contribution in [0.25, 0.3) is 0 Å². The van der Waals surface area contributed by atoms with Crippen molar-refractivity contribution in [2.45, 2.75) is 264 Å². The smallest absolute Gasteiger partial charge is 0.306 e. The largest absolute Gasteiger partial charge is 0.462 e. The SMILES string of the molecule is CC/C=C/C/C=C/C/C=C/CCCCC(CC(=O)NC(CO)C(O)CCCCCCCCCCCCCCCC)OC(=O)CCCCCCCC/C=C/C=C/CCCCC. The normalized spacial score (nSPS) is 13.8. The van der Waals surface area contributed by atoms with Crippen molar-refractivity contribution in [1.82, 2.24) is 5.32 Å². The number of nitrogens with one attached hydrogen (secondary N) is 1. The summed E-state index contributed by atoms with van der Waals surface area (Å²) in [5, 5.41) is 23.7. The zero-order chi connectivity index (χ0) is 43.8. The van der Waals surface area contributed by atoms with Crippen LogP contribution < -0.4 is 5.32 Å². The number of esters is 1. The van der Waals surface area contributed by atoms with Crippen LogP contribution in [0.15, 0.2) is 60.8 Å². The van der Waals surface area contributed by atoms with E-state index >= 15 is 0 Å². The minimum atomic E-state index is -0.801. The summed E-state index contributed by atoms with van der Waals surface area (Å²) in [6.45, 7) is 6.33. The van der Waals surface area contributed by atoms with Crippen molar-refractivity contribution in [1.29, 1.82) is 0 Å². The Labute approximate surface area is 371 Å². The van der Waals surface area contributed by atoms with E-state index < -0.39 is 18.2 Å². The molecule has 60 heavy (non-hydrogen) atoms. The molecule has 0 bridgehead atoms. The Morgan fingerprint density at radius 2 is 0.950 bits per heavy atom. The Morgan fingerprint density at radius 3 is 1.52 bits per heavy atom. The Hall–Kier alpha value is -2.44. The van der Waals surface area contributed by atoms with Crippen molar-refractivity contribution >= 4 is 11.9 Å². The van der Waals surface area contributed by atoms with Gasteiger partial charge in [-0.2, -0.15) is 0 Å². The number of rotatable bonds is 45. The zero-order valence-electron chi connectivity index (χ0n) is 39.6. The Bertz CT molecular complexity index is 1080. The summed E-state index contributed by atoms with van der Waals surface area (Å²) >= 11 is 0. The first-order valence-electron chi connectivity index (χ1n) is 25.5. The number of aliphatic hydroxyl groups is 2. The van der Waals surface area contributed by atoms with Crippen LogP contribution in [0, 0.1) is 0 Å². The fourth-order valence-electron chi connectivity index (χ4n) is 7.49. The van der Waals surface area contributed by atoms with E-state index in [1.165, 1.54) is 116 Å². The number of hydrogen-bond donors (Lipinski definition) is 3. The van der Waals surface area contributed by atoms with Gasteiger partial charge < -0.3 is 20.3 Å². The lowest BCUT2D eigenvalue weighted by molar-refractivity contribution is -0.151. The fraction of sp³-hybridized carbons (Fsp3) is 0.778. The summed E-state index contributed by atoms with van der Waals surface area (Å²) in [6.07, 6.45) is 58.5.